The van der Waals surface area contributed by atoms with Crippen LogP contribution in [0.25, 0.3) is 21.8 Å². The zero-order chi connectivity index (χ0) is 53.1. The number of methoxy groups -OCH3 is 4. The third-order valence-corrected chi connectivity index (χ3v) is 13.6. The molecule has 4 saturated heterocycles. The fourth-order valence-corrected chi connectivity index (χ4v) is 9.58. The SMILES string of the molecule is C.COc1cc2ncnc(Cl)c2cc1OC.COc1cc2ncnc(Nc3ccc(OC4CO[C@@H]5[C@@H](OCc6ccccc6)CO[C@H]45)cc3)c2cc1OC.Nc1ccc(OC2CO[C@@H]3[C@@H](OCc4ccccc4)CO[C@H]23)cc1. The van der Waals surface area contributed by atoms with E-state index in [1.807, 2.05) is 97.1 Å². The molecule has 12 rings (SSSR count). The average Bonchev–Trinajstić information content (AvgIpc) is 4.33. The smallest absolute Gasteiger partial charge is 0.162 e. The van der Waals surface area contributed by atoms with Gasteiger partial charge in [-0.1, -0.05) is 79.7 Å². The highest BCUT2D eigenvalue weighted by molar-refractivity contribution is 6.34. The second-order valence-electron chi connectivity index (χ2n) is 18.2. The number of benzene rings is 6. The Morgan fingerprint density at radius 2 is 0.910 bits per heavy atom. The number of nitrogens with one attached hydrogen (secondary N) is 1. The maximum absolute atomic E-state index is 6.24. The van der Waals surface area contributed by atoms with E-state index in [-0.39, 0.29) is 56.3 Å². The van der Waals surface area contributed by atoms with Crippen LogP contribution in [0.4, 0.5) is 17.2 Å². The minimum absolute atomic E-state index is 0. The largest absolute Gasteiger partial charge is 0.493 e. The van der Waals surface area contributed by atoms with Crippen molar-refractivity contribution in [1.82, 2.24) is 19.9 Å². The van der Waals surface area contributed by atoms with Crippen LogP contribution in [0.2, 0.25) is 5.15 Å². The molecule has 19 heteroatoms. The number of rotatable bonds is 16. The molecular weight excluding hydrogens is 1020 g/mol. The van der Waals surface area contributed by atoms with Crippen LogP contribution in [-0.4, -0.2) is 124 Å². The van der Waals surface area contributed by atoms with Gasteiger partial charge in [-0.2, -0.15) is 0 Å². The molecule has 6 aromatic carbocycles. The number of nitrogens with two attached hydrogens (primary N) is 1. The minimum Gasteiger partial charge on any atom is -0.493 e. The molecule has 0 aliphatic carbocycles. The van der Waals surface area contributed by atoms with Crippen molar-refractivity contribution in [3.05, 3.63) is 162 Å². The fraction of sp³-hybridized carbons (Fsp3) is 0.322. The Kier molecular flexibility index (Phi) is 18.5. The molecule has 6 heterocycles. The van der Waals surface area contributed by atoms with Gasteiger partial charge in [0.1, 0.15) is 71.7 Å². The standard InChI is InChI=1S/C29H29N3O6.C19H21NO4.C10H9ClN2O2.CH4/c1-33-23-12-21-22(13-24(23)34-2)30-17-31-29(21)32-19-8-10-20(11-9-19)38-26-16-37-27-25(15-36-28(26)27)35-14-18-6-4-3-5-7-18;20-14-6-8-15(9-7-14)24-17-12-23-18-16(11-22-19(17)18)21-10-13-4-2-1-3-5-13;1-14-8-3-6-7(4-9(8)15-2)12-5-13-10(6)11;/h3-13,17,25-28H,14-16H2,1-2H3,(H,30,31,32);1-9,16-19H,10-12,20H2;3-5H,1-2H3;1H4/t25-,26?,27+,28+;16-,17?,18+,19+;;/m00../s1. The monoisotopic (exact) mass is 1080 g/mol. The normalized spacial score (nSPS) is 21.7. The first-order valence-electron chi connectivity index (χ1n) is 25.0. The Morgan fingerprint density at radius 3 is 1.40 bits per heavy atom. The van der Waals surface area contributed by atoms with Crippen LogP contribution in [-0.2, 0) is 41.6 Å². The van der Waals surface area contributed by atoms with Gasteiger partial charge in [0.05, 0.1) is 79.1 Å². The topological polar surface area (TPSA) is 200 Å². The molecule has 18 nitrogen and oxygen atoms in total. The van der Waals surface area contributed by atoms with Crippen molar-refractivity contribution in [3.8, 4) is 34.5 Å². The second-order valence-corrected chi connectivity index (χ2v) is 18.6. The maximum Gasteiger partial charge on any atom is 0.162 e. The molecule has 8 aromatic rings. The van der Waals surface area contributed by atoms with Crippen LogP contribution in [0.15, 0.2) is 146 Å². The van der Waals surface area contributed by atoms with Crippen molar-refractivity contribution in [2.45, 2.75) is 69.5 Å². The first kappa shape index (κ1) is 55.2. The molecule has 0 saturated carbocycles. The highest BCUT2D eigenvalue weighted by Crippen LogP contribution is 2.37. The fourth-order valence-electron chi connectivity index (χ4n) is 9.38. The molecule has 8 atom stereocenters. The number of hydrogen-bond acceptors (Lipinski definition) is 18. The van der Waals surface area contributed by atoms with E-state index in [2.05, 4.69) is 49.5 Å². The van der Waals surface area contributed by atoms with Crippen LogP contribution in [0, 0.1) is 0 Å². The summed E-state index contributed by atoms with van der Waals surface area (Å²) in [7, 11) is 6.35. The van der Waals surface area contributed by atoms with E-state index in [1.54, 1.807) is 40.6 Å². The van der Waals surface area contributed by atoms with E-state index in [4.69, 9.17) is 74.2 Å². The molecule has 4 aliphatic rings. The third-order valence-electron chi connectivity index (χ3n) is 13.3. The van der Waals surface area contributed by atoms with E-state index in [1.165, 1.54) is 12.7 Å². The summed E-state index contributed by atoms with van der Waals surface area (Å²) in [5.41, 5.74) is 11.0. The summed E-state index contributed by atoms with van der Waals surface area (Å²) in [4.78, 5) is 16.8. The van der Waals surface area contributed by atoms with Gasteiger partial charge in [0.2, 0.25) is 0 Å². The first-order valence-corrected chi connectivity index (χ1v) is 25.4. The van der Waals surface area contributed by atoms with Gasteiger partial charge in [0.15, 0.2) is 35.2 Å². The van der Waals surface area contributed by atoms with E-state index in [0.717, 1.165) is 55.8 Å². The number of aromatic nitrogens is 4. The predicted octanol–water partition coefficient (Wildman–Crippen LogP) is 9.86. The molecule has 0 radical (unpaired) electrons. The molecule has 3 N–H and O–H groups in total. The molecule has 2 aromatic heterocycles. The molecule has 0 bridgehead atoms. The maximum atomic E-state index is 6.24. The van der Waals surface area contributed by atoms with Crippen LogP contribution in [0.5, 0.6) is 34.5 Å². The molecule has 4 fully saturated rings. The zero-order valence-electron chi connectivity index (χ0n) is 42.9. The van der Waals surface area contributed by atoms with Crippen molar-refractivity contribution in [2.75, 3.05) is 65.9 Å². The molecule has 2 unspecified atom stereocenters. The minimum atomic E-state index is -0.197. The number of halogens is 1. The summed E-state index contributed by atoms with van der Waals surface area (Å²) >= 11 is 5.93. The molecule has 0 amide bonds. The van der Waals surface area contributed by atoms with E-state index in [9.17, 15) is 0 Å². The number of fused-ring (bicyclic) bond motifs is 4. The van der Waals surface area contributed by atoms with Crippen LogP contribution < -0.4 is 39.5 Å². The lowest BCUT2D eigenvalue weighted by Gasteiger charge is -2.18. The van der Waals surface area contributed by atoms with Gasteiger partial charge in [-0.05, 0) is 71.8 Å². The molecule has 4 aliphatic heterocycles. The number of nitrogens with zero attached hydrogens (tertiary/aromatic N) is 4. The van der Waals surface area contributed by atoms with Crippen LogP contribution >= 0.6 is 11.6 Å². The van der Waals surface area contributed by atoms with Gasteiger partial charge in [-0.3, -0.25) is 0 Å². The summed E-state index contributed by atoms with van der Waals surface area (Å²) in [6.07, 6.45) is 1.98. The number of anilines is 3. The number of hydrogen-bond donors (Lipinski definition) is 2. The Hall–Kier alpha value is -7.55. The van der Waals surface area contributed by atoms with E-state index >= 15 is 0 Å². The zero-order valence-corrected chi connectivity index (χ0v) is 43.6. The number of nitrogen functional groups attached to an aromatic ring is 1. The lowest BCUT2D eigenvalue weighted by Crippen LogP contribution is -2.35. The van der Waals surface area contributed by atoms with Gasteiger partial charge in [0.25, 0.3) is 0 Å². The van der Waals surface area contributed by atoms with E-state index in [0.29, 0.717) is 73.6 Å². The van der Waals surface area contributed by atoms with Crippen LogP contribution in [0.1, 0.15) is 18.6 Å². The summed E-state index contributed by atoms with van der Waals surface area (Å²) in [6.45, 7) is 3.08. The van der Waals surface area contributed by atoms with Crippen molar-refractivity contribution >= 4 is 50.6 Å². The summed E-state index contributed by atoms with van der Waals surface area (Å²) in [6, 6.07) is 42.5. The quantitative estimate of drug-likeness (QED) is 0.0683. The Bertz CT molecular complexity index is 3190. The summed E-state index contributed by atoms with van der Waals surface area (Å²) < 4.78 is 69.3. The lowest BCUT2D eigenvalue weighted by molar-refractivity contribution is -0.0425. The van der Waals surface area contributed by atoms with Gasteiger partial charge in [-0.15, -0.1) is 0 Å². The van der Waals surface area contributed by atoms with Crippen molar-refractivity contribution in [2.24, 2.45) is 0 Å². The summed E-state index contributed by atoms with van der Waals surface area (Å²) in [5.74, 6) is 4.64. The highest BCUT2D eigenvalue weighted by Gasteiger charge is 2.50. The van der Waals surface area contributed by atoms with Crippen LogP contribution in [0.3, 0.4) is 0 Å². The molecule has 408 valence electrons. The third kappa shape index (κ3) is 13.1. The first-order chi connectivity index (χ1) is 37.8. The molecule has 0 spiro atoms. The lowest BCUT2D eigenvalue weighted by atomic mass is 10.1. The van der Waals surface area contributed by atoms with Gasteiger partial charge >= 0.3 is 0 Å². The van der Waals surface area contributed by atoms with Crippen molar-refractivity contribution in [3.63, 3.8) is 0 Å². The second kappa shape index (κ2) is 26.2. The Labute approximate surface area is 457 Å². The van der Waals surface area contributed by atoms with Crippen molar-refractivity contribution < 1.29 is 56.8 Å². The molecular formula is C59H63ClN6O12. The Balaban J connectivity index is 0.000000157. The van der Waals surface area contributed by atoms with Crippen molar-refractivity contribution in [1.29, 1.82) is 0 Å². The molecule has 78 heavy (non-hydrogen) atoms. The van der Waals surface area contributed by atoms with Gasteiger partial charge in [-0.25, -0.2) is 19.9 Å². The predicted molar refractivity (Wildman–Crippen MR) is 295 cm³/mol. The average molecular weight is 1080 g/mol. The summed E-state index contributed by atoms with van der Waals surface area (Å²) in [5, 5.41) is 5.33. The highest BCUT2D eigenvalue weighted by atomic mass is 35.5. The van der Waals surface area contributed by atoms with E-state index < -0.39 is 0 Å². The van der Waals surface area contributed by atoms with Gasteiger partial charge in [0, 0.05) is 34.3 Å². The number of ether oxygens (including phenoxy) is 12. The Morgan fingerprint density at radius 1 is 0.500 bits per heavy atom. The van der Waals surface area contributed by atoms with Gasteiger partial charge < -0.3 is 67.9 Å².